The Hall–Kier alpha value is -3.32. The smallest absolute Gasteiger partial charge is 0.255 e. The molecular formula is C28H25Cl2N3O3. The summed E-state index contributed by atoms with van der Waals surface area (Å²) in [6, 6.07) is 19.8. The van der Waals surface area contributed by atoms with Gasteiger partial charge in [-0.05, 0) is 41.5 Å². The van der Waals surface area contributed by atoms with Gasteiger partial charge in [-0.3, -0.25) is 9.59 Å². The molecule has 1 aromatic heterocycles. The largest absolute Gasteiger partial charge is 0.383 e. The van der Waals surface area contributed by atoms with E-state index in [1.54, 1.807) is 30.2 Å². The highest BCUT2D eigenvalue weighted by atomic mass is 35.5. The minimum absolute atomic E-state index is 0.130. The molecule has 1 aliphatic rings. The number of fused-ring (bicyclic) bond motifs is 2. The summed E-state index contributed by atoms with van der Waals surface area (Å²) in [5.74, 6) is -0.922. The van der Waals surface area contributed by atoms with Crippen molar-refractivity contribution in [2.75, 3.05) is 20.3 Å². The number of H-pyrrole nitrogens is 1. The van der Waals surface area contributed by atoms with Crippen LogP contribution >= 0.6 is 23.2 Å². The van der Waals surface area contributed by atoms with Crippen LogP contribution < -0.4 is 5.32 Å². The third-order valence-corrected chi connectivity index (χ3v) is 7.07. The SMILES string of the molecule is COCCNC(=O)[C@H]1c2ccccc2C(=O)N(Cc2ccc(Cl)cc2)[C@@H]1c1c[nH]c2cc(Cl)ccc12. The standard InChI is InChI=1S/C28H25Cl2N3O3/c1-36-13-12-31-27(34)25-21-4-2-3-5-22(21)28(35)33(16-17-6-8-18(29)9-7-17)26(25)23-15-32-24-14-19(30)10-11-20(23)24/h2-11,14-15,25-26,32H,12-13,16H2,1H3,(H,31,34)/t25-,26+/m0/s1. The molecule has 3 aromatic carbocycles. The zero-order chi connectivity index (χ0) is 25.2. The van der Waals surface area contributed by atoms with Crippen molar-refractivity contribution in [2.24, 2.45) is 0 Å². The van der Waals surface area contributed by atoms with Gasteiger partial charge >= 0.3 is 0 Å². The Kier molecular flexibility index (Phi) is 7.01. The minimum atomic E-state index is -0.627. The number of carbonyl (C=O) groups is 2. The molecular weight excluding hydrogens is 497 g/mol. The van der Waals surface area contributed by atoms with Crippen molar-refractivity contribution in [2.45, 2.75) is 18.5 Å². The lowest BCUT2D eigenvalue weighted by Crippen LogP contribution is -2.47. The van der Waals surface area contributed by atoms with Crippen molar-refractivity contribution >= 4 is 45.9 Å². The third-order valence-electron chi connectivity index (χ3n) is 6.59. The Labute approximate surface area is 219 Å². The zero-order valence-electron chi connectivity index (χ0n) is 19.6. The molecule has 4 aromatic rings. The second-order valence-electron chi connectivity index (χ2n) is 8.79. The fourth-order valence-electron chi connectivity index (χ4n) is 4.93. The van der Waals surface area contributed by atoms with E-state index in [9.17, 15) is 9.59 Å². The lowest BCUT2D eigenvalue weighted by atomic mass is 9.79. The maximum Gasteiger partial charge on any atom is 0.255 e. The van der Waals surface area contributed by atoms with Crippen molar-refractivity contribution in [3.63, 3.8) is 0 Å². The van der Waals surface area contributed by atoms with E-state index in [1.807, 2.05) is 54.7 Å². The highest BCUT2D eigenvalue weighted by molar-refractivity contribution is 6.31. The maximum absolute atomic E-state index is 13.9. The lowest BCUT2D eigenvalue weighted by Gasteiger charge is -2.41. The number of aromatic amines is 1. The topological polar surface area (TPSA) is 74.4 Å². The van der Waals surface area contributed by atoms with Gasteiger partial charge in [0.15, 0.2) is 0 Å². The number of halogens is 2. The summed E-state index contributed by atoms with van der Waals surface area (Å²) >= 11 is 12.3. The first-order valence-electron chi connectivity index (χ1n) is 11.7. The molecule has 0 radical (unpaired) electrons. The second kappa shape index (κ2) is 10.3. The van der Waals surface area contributed by atoms with Gasteiger partial charge in [0.05, 0.1) is 18.6 Å². The van der Waals surface area contributed by atoms with Crippen LogP contribution in [0, 0.1) is 0 Å². The summed E-state index contributed by atoms with van der Waals surface area (Å²) in [5, 5.41) is 5.13. The Balaban J connectivity index is 1.68. The van der Waals surface area contributed by atoms with Gasteiger partial charge < -0.3 is 19.9 Å². The average molecular weight is 522 g/mol. The zero-order valence-corrected chi connectivity index (χ0v) is 21.1. The number of benzene rings is 3. The van der Waals surface area contributed by atoms with Gasteiger partial charge in [0.1, 0.15) is 0 Å². The summed E-state index contributed by atoms with van der Waals surface area (Å²) < 4.78 is 5.14. The summed E-state index contributed by atoms with van der Waals surface area (Å²) in [4.78, 5) is 32.7. The molecule has 2 amide bonds. The Morgan fingerprint density at radius 2 is 1.78 bits per heavy atom. The van der Waals surface area contributed by atoms with Crippen molar-refractivity contribution in [3.8, 4) is 0 Å². The van der Waals surface area contributed by atoms with Crippen molar-refractivity contribution in [1.82, 2.24) is 15.2 Å². The maximum atomic E-state index is 13.9. The monoisotopic (exact) mass is 521 g/mol. The molecule has 0 bridgehead atoms. The van der Waals surface area contributed by atoms with Crippen LogP contribution in [0.5, 0.6) is 0 Å². The van der Waals surface area contributed by atoms with E-state index in [0.717, 1.165) is 22.0 Å². The van der Waals surface area contributed by atoms with E-state index in [0.29, 0.717) is 40.9 Å². The van der Waals surface area contributed by atoms with E-state index in [1.165, 1.54) is 0 Å². The summed E-state index contributed by atoms with van der Waals surface area (Å²) in [6.45, 7) is 1.08. The fraction of sp³-hybridized carbons (Fsp3) is 0.214. The first-order chi connectivity index (χ1) is 17.5. The van der Waals surface area contributed by atoms with Crippen LogP contribution in [-0.4, -0.2) is 42.0 Å². The molecule has 0 saturated heterocycles. The number of methoxy groups -OCH3 is 1. The number of ether oxygens (including phenoxy) is 1. The third kappa shape index (κ3) is 4.60. The number of hydrogen-bond donors (Lipinski definition) is 2. The molecule has 1 aliphatic heterocycles. The second-order valence-corrected chi connectivity index (χ2v) is 9.66. The van der Waals surface area contributed by atoms with Crippen LogP contribution in [0.15, 0.2) is 72.9 Å². The molecule has 2 heterocycles. The number of carbonyl (C=O) groups excluding carboxylic acids is 2. The molecule has 0 unspecified atom stereocenters. The molecule has 0 spiro atoms. The Morgan fingerprint density at radius 3 is 2.56 bits per heavy atom. The van der Waals surface area contributed by atoms with E-state index >= 15 is 0 Å². The predicted molar refractivity (Wildman–Crippen MR) is 141 cm³/mol. The predicted octanol–water partition coefficient (Wildman–Crippen LogP) is 5.72. The van der Waals surface area contributed by atoms with Gasteiger partial charge in [-0.15, -0.1) is 0 Å². The molecule has 36 heavy (non-hydrogen) atoms. The van der Waals surface area contributed by atoms with Crippen molar-refractivity contribution in [3.05, 3.63) is 105 Å². The first kappa shape index (κ1) is 24.4. The number of aromatic nitrogens is 1. The van der Waals surface area contributed by atoms with Crippen LogP contribution in [0.2, 0.25) is 10.0 Å². The van der Waals surface area contributed by atoms with Crippen molar-refractivity contribution in [1.29, 1.82) is 0 Å². The highest BCUT2D eigenvalue weighted by Crippen LogP contribution is 2.45. The normalized spacial score (nSPS) is 17.3. The van der Waals surface area contributed by atoms with Crippen molar-refractivity contribution < 1.29 is 14.3 Å². The highest BCUT2D eigenvalue weighted by Gasteiger charge is 2.44. The molecule has 5 rings (SSSR count). The van der Waals surface area contributed by atoms with E-state index in [2.05, 4.69) is 10.3 Å². The molecule has 2 N–H and O–H groups in total. The number of amides is 2. The number of nitrogens with zero attached hydrogens (tertiary/aromatic N) is 1. The molecule has 2 atom stereocenters. The van der Waals surface area contributed by atoms with E-state index in [-0.39, 0.29) is 11.8 Å². The fourth-order valence-corrected chi connectivity index (χ4v) is 5.23. The van der Waals surface area contributed by atoms with E-state index in [4.69, 9.17) is 27.9 Å². The van der Waals surface area contributed by atoms with Gasteiger partial charge in [0.25, 0.3) is 5.91 Å². The average Bonchev–Trinajstić information content (AvgIpc) is 3.29. The number of nitrogens with one attached hydrogen (secondary N) is 2. The number of hydrogen-bond acceptors (Lipinski definition) is 3. The molecule has 8 heteroatoms. The Bertz CT molecular complexity index is 1420. The lowest BCUT2D eigenvalue weighted by molar-refractivity contribution is -0.124. The molecule has 6 nitrogen and oxygen atoms in total. The minimum Gasteiger partial charge on any atom is -0.383 e. The van der Waals surface area contributed by atoms with Crippen LogP contribution in [0.25, 0.3) is 10.9 Å². The molecule has 0 saturated carbocycles. The molecule has 184 valence electrons. The molecule has 0 fully saturated rings. The quantitative estimate of drug-likeness (QED) is 0.305. The van der Waals surface area contributed by atoms with Crippen LogP contribution in [-0.2, 0) is 16.1 Å². The summed E-state index contributed by atoms with van der Waals surface area (Å²) in [6.07, 6.45) is 1.87. The summed E-state index contributed by atoms with van der Waals surface area (Å²) in [5.41, 5.74) is 3.84. The van der Waals surface area contributed by atoms with Gasteiger partial charge in [0.2, 0.25) is 5.91 Å². The molecule has 0 aliphatic carbocycles. The van der Waals surface area contributed by atoms with Crippen LogP contribution in [0.1, 0.15) is 39.0 Å². The number of rotatable bonds is 7. The van der Waals surface area contributed by atoms with Gasteiger partial charge in [-0.1, -0.05) is 59.6 Å². The van der Waals surface area contributed by atoms with Gasteiger partial charge in [0, 0.05) is 58.5 Å². The van der Waals surface area contributed by atoms with Gasteiger partial charge in [-0.25, -0.2) is 0 Å². The van der Waals surface area contributed by atoms with Crippen LogP contribution in [0.3, 0.4) is 0 Å². The van der Waals surface area contributed by atoms with Crippen LogP contribution in [0.4, 0.5) is 0 Å². The van der Waals surface area contributed by atoms with Gasteiger partial charge in [-0.2, -0.15) is 0 Å². The van der Waals surface area contributed by atoms with E-state index < -0.39 is 12.0 Å². The first-order valence-corrected chi connectivity index (χ1v) is 12.4. The Morgan fingerprint density at radius 1 is 1.03 bits per heavy atom. The summed E-state index contributed by atoms with van der Waals surface area (Å²) in [7, 11) is 1.59.